The van der Waals surface area contributed by atoms with Crippen LogP contribution < -0.4 is 0 Å². The number of hydrogen-bond acceptors (Lipinski definition) is 2. The monoisotopic (exact) mass is 184 g/mol. The number of ether oxygens (including phenoxy) is 1. The molecule has 0 atom stereocenters. The highest BCUT2D eigenvalue weighted by Crippen LogP contribution is 2.10. The fraction of sp³-hybridized carbons (Fsp3) is 0.727. The van der Waals surface area contributed by atoms with E-state index in [4.69, 9.17) is 4.74 Å². The molecule has 0 saturated heterocycles. The van der Waals surface area contributed by atoms with Crippen LogP contribution in [0.3, 0.4) is 0 Å². The van der Waals surface area contributed by atoms with Crippen molar-refractivity contribution in [1.29, 1.82) is 0 Å². The summed E-state index contributed by atoms with van der Waals surface area (Å²) in [5, 5.41) is 0. The molecular formula is C11H20O2. The van der Waals surface area contributed by atoms with E-state index in [2.05, 4.69) is 13.8 Å². The Balaban J connectivity index is 4.09. The Morgan fingerprint density at radius 3 is 2.46 bits per heavy atom. The second-order valence-corrected chi connectivity index (χ2v) is 3.11. The summed E-state index contributed by atoms with van der Waals surface area (Å²) >= 11 is 0. The zero-order valence-electron chi connectivity index (χ0n) is 8.93. The van der Waals surface area contributed by atoms with Crippen molar-refractivity contribution in [3.63, 3.8) is 0 Å². The van der Waals surface area contributed by atoms with Crippen LogP contribution in [0.4, 0.5) is 0 Å². The Morgan fingerprint density at radius 1 is 1.31 bits per heavy atom. The van der Waals surface area contributed by atoms with E-state index in [0.717, 1.165) is 37.7 Å². The molecular weight excluding hydrogens is 164 g/mol. The highest BCUT2D eigenvalue weighted by molar-refractivity contribution is 5.88. The summed E-state index contributed by atoms with van der Waals surface area (Å²) in [6, 6.07) is 0. The highest BCUT2D eigenvalue weighted by Gasteiger charge is 2.07. The van der Waals surface area contributed by atoms with Crippen molar-refractivity contribution in [2.75, 3.05) is 7.11 Å². The van der Waals surface area contributed by atoms with E-state index >= 15 is 0 Å². The second kappa shape index (κ2) is 7.84. The van der Waals surface area contributed by atoms with Crippen LogP contribution in [0.5, 0.6) is 0 Å². The second-order valence-electron chi connectivity index (χ2n) is 3.11. The normalized spacial score (nSPS) is 11.5. The lowest BCUT2D eigenvalue weighted by Crippen LogP contribution is -2.04. The van der Waals surface area contributed by atoms with Gasteiger partial charge in [-0.05, 0) is 19.3 Å². The number of rotatable bonds is 6. The Morgan fingerprint density at radius 2 is 2.00 bits per heavy atom. The molecule has 13 heavy (non-hydrogen) atoms. The van der Waals surface area contributed by atoms with Crippen LogP contribution in [-0.2, 0) is 9.53 Å². The average molecular weight is 184 g/mol. The molecule has 0 aromatic rings. The predicted octanol–water partition coefficient (Wildman–Crippen LogP) is 3.08. The summed E-state index contributed by atoms with van der Waals surface area (Å²) in [5.41, 5.74) is 0.839. The number of esters is 1. The van der Waals surface area contributed by atoms with Crippen LogP contribution in [0.2, 0.25) is 0 Å². The number of carbonyl (C=O) groups excluding carboxylic acids is 1. The van der Waals surface area contributed by atoms with Crippen molar-refractivity contribution in [2.45, 2.75) is 46.0 Å². The van der Waals surface area contributed by atoms with Crippen molar-refractivity contribution in [1.82, 2.24) is 0 Å². The molecule has 0 amide bonds. The van der Waals surface area contributed by atoms with Gasteiger partial charge in [0.15, 0.2) is 0 Å². The lowest BCUT2D eigenvalue weighted by atomic mass is 10.1. The minimum absolute atomic E-state index is 0.165. The first-order valence-corrected chi connectivity index (χ1v) is 5.03. The number of unbranched alkanes of at least 4 members (excludes halogenated alkanes) is 2. The fourth-order valence-electron chi connectivity index (χ4n) is 1.10. The van der Waals surface area contributed by atoms with Crippen LogP contribution >= 0.6 is 0 Å². The molecule has 0 radical (unpaired) electrons. The van der Waals surface area contributed by atoms with Gasteiger partial charge in [-0.1, -0.05) is 32.8 Å². The largest absolute Gasteiger partial charge is 0.466 e. The third-order valence-electron chi connectivity index (χ3n) is 1.93. The molecule has 2 nitrogen and oxygen atoms in total. The van der Waals surface area contributed by atoms with E-state index in [1.165, 1.54) is 7.11 Å². The van der Waals surface area contributed by atoms with Gasteiger partial charge in [-0.2, -0.15) is 0 Å². The number of allylic oxidation sites excluding steroid dienone is 1. The molecule has 0 heterocycles. The third-order valence-corrected chi connectivity index (χ3v) is 1.93. The van der Waals surface area contributed by atoms with Gasteiger partial charge in [0.1, 0.15) is 0 Å². The van der Waals surface area contributed by atoms with Crippen molar-refractivity contribution < 1.29 is 9.53 Å². The minimum atomic E-state index is -0.165. The lowest BCUT2D eigenvalue weighted by molar-refractivity contribution is -0.136. The topological polar surface area (TPSA) is 26.3 Å². The first kappa shape index (κ1) is 12.2. The molecule has 0 aromatic carbocycles. The smallest absolute Gasteiger partial charge is 0.333 e. The van der Waals surface area contributed by atoms with Gasteiger partial charge in [0.25, 0.3) is 0 Å². The van der Waals surface area contributed by atoms with Crippen LogP contribution in [0.25, 0.3) is 0 Å². The van der Waals surface area contributed by atoms with Gasteiger partial charge in [0.05, 0.1) is 7.11 Å². The summed E-state index contributed by atoms with van der Waals surface area (Å²) in [7, 11) is 1.44. The SMILES string of the molecule is CCCC=C(CCCC)C(=O)OC. The van der Waals surface area contributed by atoms with E-state index in [-0.39, 0.29) is 5.97 Å². The maximum Gasteiger partial charge on any atom is 0.333 e. The van der Waals surface area contributed by atoms with Crippen molar-refractivity contribution >= 4 is 5.97 Å². The fourth-order valence-corrected chi connectivity index (χ4v) is 1.10. The van der Waals surface area contributed by atoms with Crippen LogP contribution in [0.1, 0.15) is 46.0 Å². The predicted molar refractivity (Wildman–Crippen MR) is 54.5 cm³/mol. The Labute approximate surface area is 81.0 Å². The van der Waals surface area contributed by atoms with Gasteiger partial charge in [0.2, 0.25) is 0 Å². The number of hydrogen-bond donors (Lipinski definition) is 0. The molecule has 2 heteroatoms. The zero-order valence-corrected chi connectivity index (χ0v) is 8.93. The first-order valence-electron chi connectivity index (χ1n) is 5.03. The van der Waals surface area contributed by atoms with Crippen LogP contribution in [0, 0.1) is 0 Å². The van der Waals surface area contributed by atoms with Crippen LogP contribution in [0.15, 0.2) is 11.6 Å². The molecule has 0 rings (SSSR count). The van der Waals surface area contributed by atoms with E-state index in [9.17, 15) is 4.79 Å². The summed E-state index contributed by atoms with van der Waals surface area (Å²) in [6.45, 7) is 4.22. The summed E-state index contributed by atoms with van der Waals surface area (Å²) < 4.78 is 4.70. The average Bonchev–Trinajstić information content (AvgIpc) is 2.17. The molecule has 0 unspecified atom stereocenters. The van der Waals surface area contributed by atoms with Gasteiger partial charge in [-0.3, -0.25) is 0 Å². The molecule has 0 bridgehead atoms. The Bertz CT molecular complexity index is 171. The van der Waals surface area contributed by atoms with Gasteiger partial charge in [-0.15, -0.1) is 0 Å². The van der Waals surface area contributed by atoms with E-state index in [1.54, 1.807) is 0 Å². The van der Waals surface area contributed by atoms with Gasteiger partial charge in [-0.25, -0.2) is 4.79 Å². The molecule has 0 spiro atoms. The minimum Gasteiger partial charge on any atom is -0.466 e. The molecule has 0 saturated carbocycles. The molecule has 76 valence electrons. The molecule has 0 aliphatic rings. The van der Waals surface area contributed by atoms with E-state index in [0.29, 0.717) is 0 Å². The van der Waals surface area contributed by atoms with Crippen molar-refractivity contribution in [3.8, 4) is 0 Å². The number of carbonyl (C=O) groups is 1. The molecule has 0 aliphatic heterocycles. The summed E-state index contributed by atoms with van der Waals surface area (Å²) in [4.78, 5) is 11.2. The lowest BCUT2D eigenvalue weighted by Gasteiger charge is -2.03. The van der Waals surface area contributed by atoms with E-state index in [1.807, 2.05) is 6.08 Å². The summed E-state index contributed by atoms with van der Waals surface area (Å²) in [5.74, 6) is -0.165. The molecule has 0 fully saturated rings. The Hall–Kier alpha value is -0.790. The van der Waals surface area contributed by atoms with Gasteiger partial charge in [0, 0.05) is 5.57 Å². The van der Waals surface area contributed by atoms with Crippen molar-refractivity contribution in [3.05, 3.63) is 11.6 Å². The van der Waals surface area contributed by atoms with Crippen molar-refractivity contribution in [2.24, 2.45) is 0 Å². The third kappa shape index (κ3) is 5.45. The molecule has 0 aliphatic carbocycles. The standard InChI is InChI=1S/C11H20O2/c1-4-6-8-10(9-7-5-2)11(12)13-3/h8H,4-7,9H2,1-3H3. The van der Waals surface area contributed by atoms with Gasteiger partial charge >= 0.3 is 5.97 Å². The quantitative estimate of drug-likeness (QED) is 0.468. The summed E-state index contributed by atoms with van der Waals surface area (Å²) in [6.07, 6.45) is 7.07. The first-order chi connectivity index (χ1) is 6.26. The van der Waals surface area contributed by atoms with Crippen LogP contribution in [-0.4, -0.2) is 13.1 Å². The molecule has 0 aromatic heterocycles. The molecule has 0 N–H and O–H groups in total. The number of methoxy groups -OCH3 is 1. The maximum absolute atomic E-state index is 11.2. The Kier molecular flexibility index (Phi) is 7.36. The van der Waals surface area contributed by atoms with E-state index < -0.39 is 0 Å². The zero-order chi connectivity index (χ0) is 10.1. The van der Waals surface area contributed by atoms with Gasteiger partial charge < -0.3 is 4.74 Å². The highest BCUT2D eigenvalue weighted by atomic mass is 16.5. The maximum atomic E-state index is 11.2.